The quantitative estimate of drug-likeness (QED) is 0.900. The predicted molar refractivity (Wildman–Crippen MR) is 74.0 cm³/mol. The molecular weight excluding hydrogens is 250 g/mol. The summed E-state index contributed by atoms with van der Waals surface area (Å²) >= 11 is 1.91. The van der Waals surface area contributed by atoms with Gasteiger partial charge in [0.25, 0.3) is 0 Å². The fourth-order valence-electron chi connectivity index (χ4n) is 2.35. The highest BCUT2D eigenvalue weighted by molar-refractivity contribution is 8.01. The van der Waals surface area contributed by atoms with Crippen LogP contribution in [-0.2, 0) is 17.2 Å². The molecule has 0 aliphatic carbocycles. The first-order valence-corrected chi connectivity index (χ1v) is 8.48. The summed E-state index contributed by atoms with van der Waals surface area (Å²) in [6.07, 6.45) is 1.09. The highest BCUT2D eigenvalue weighted by Crippen LogP contribution is 2.37. The molecule has 4 heteroatoms. The van der Waals surface area contributed by atoms with E-state index >= 15 is 0 Å². The molecule has 3 rings (SSSR count). The molecule has 0 saturated carbocycles. The Bertz CT molecular complexity index is 406. The standard InChI is InChI=1S/C13H17NOS2/c15-17(8-10-6-14-7-10)9-12-5-11-3-1-2-4-13(11)16-12/h1-4,10,12,14H,5-9H2. The summed E-state index contributed by atoms with van der Waals surface area (Å²) in [6.45, 7) is 2.12. The average molecular weight is 267 g/mol. The lowest BCUT2D eigenvalue weighted by atomic mass is 10.1. The van der Waals surface area contributed by atoms with E-state index in [1.165, 1.54) is 10.5 Å². The van der Waals surface area contributed by atoms with Gasteiger partial charge in [0, 0.05) is 45.5 Å². The number of rotatable bonds is 4. The van der Waals surface area contributed by atoms with E-state index in [-0.39, 0.29) is 0 Å². The van der Waals surface area contributed by atoms with Crippen LogP contribution in [0.25, 0.3) is 0 Å². The highest BCUT2D eigenvalue weighted by atomic mass is 32.2. The minimum Gasteiger partial charge on any atom is -0.316 e. The Morgan fingerprint density at radius 2 is 2.12 bits per heavy atom. The van der Waals surface area contributed by atoms with Gasteiger partial charge in [0.2, 0.25) is 0 Å². The monoisotopic (exact) mass is 267 g/mol. The van der Waals surface area contributed by atoms with E-state index in [1.807, 2.05) is 11.8 Å². The lowest BCUT2D eigenvalue weighted by Gasteiger charge is -2.26. The van der Waals surface area contributed by atoms with Crippen LogP contribution >= 0.6 is 11.8 Å². The molecule has 1 N–H and O–H groups in total. The first-order chi connectivity index (χ1) is 8.31. The van der Waals surface area contributed by atoms with Gasteiger partial charge in [-0.2, -0.15) is 0 Å². The SMILES string of the molecule is O=S(CC1CNC1)CC1Cc2ccccc2S1. The topological polar surface area (TPSA) is 29.1 Å². The molecule has 2 atom stereocenters. The Labute approximate surface area is 109 Å². The maximum absolute atomic E-state index is 12.0. The zero-order valence-corrected chi connectivity index (χ0v) is 11.4. The summed E-state index contributed by atoms with van der Waals surface area (Å²) in [5.41, 5.74) is 1.44. The summed E-state index contributed by atoms with van der Waals surface area (Å²) in [6, 6.07) is 8.56. The highest BCUT2D eigenvalue weighted by Gasteiger charge is 2.25. The number of thioether (sulfide) groups is 1. The normalized spacial score (nSPS) is 25.3. The van der Waals surface area contributed by atoms with Crippen molar-refractivity contribution in [1.29, 1.82) is 0 Å². The van der Waals surface area contributed by atoms with Gasteiger partial charge in [0.15, 0.2) is 0 Å². The maximum atomic E-state index is 12.0. The first kappa shape index (κ1) is 11.8. The third-order valence-electron chi connectivity index (χ3n) is 3.37. The summed E-state index contributed by atoms with van der Waals surface area (Å²) in [5.74, 6) is 2.40. The van der Waals surface area contributed by atoms with E-state index in [2.05, 4.69) is 29.6 Å². The van der Waals surface area contributed by atoms with Gasteiger partial charge >= 0.3 is 0 Å². The van der Waals surface area contributed by atoms with Gasteiger partial charge in [-0.15, -0.1) is 11.8 Å². The molecule has 1 saturated heterocycles. The molecule has 2 unspecified atom stereocenters. The Hall–Kier alpha value is -0.320. The third kappa shape index (κ3) is 2.75. The van der Waals surface area contributed by atoms with Crippen LogP contribution in [-0.4, -0.2) is 34.1 Å². The number of hydrogen-bond acceptors (Lipinski definition) is 3. The Balaban J connectivity index is 1.52. The Morgan fingerprint density at radius 1 is 1.29 bits per heavy atom. The van der Waals surface area contributed by atoms with Crippen LogP contribution in [0, 0.1) is 5.92 Å². The molecular formula is C13H17NOS2. The van der Waals surface area contributed by atoms with Crippen LogP contribution < -0.4 is 5.32 Å². The molecule has 1 aromatic rings. The number of benzene rings is 1. The van der Waals surface area contributed by atoms with Crippen LogP contribution in [0.3, 0.4) is 0 Å². The maximum Gasteiger partial charge on any atom is 0.0360 e. The van der Waals surface area contributed by atoms with E-state index in [0.717, 1.165) is 31.0 Å². The Kier molecular flexibility index (Phi) is 3.54. The van der Waals surface area contributed by atoms with Gasteiger partial charge in [-0.1, -0.05) is 18.2 Å². The summed E-state index contributed by atoms with van der Waals surface area (Å²) in [5, 5.41) is 3.76. The zero-order chi connectivity index (χ0) is 11.7. The van der Waals surface area contributed by atoms with E-state index in [0.29, 0.717) is 11.2 Å². The second-order valence-electron chi connectivity index (χ2n) is 4.85. The largest absolute Gasteiger partial charge is 0.316 e. The first-order valence-electron chi connectivity index (χ1n) is 6.11. The second kappa shape index (κ2) is 5.12. The van der Waals surface area contributed by atoms with Gasteiger partial charge in [-0.05, 0) is 24.0 Å². The molecule has 2 aliphatic heterocycles. The van der Waals surface area contributed by atoms with Crippen LogP contribution in [0.1, 0.15) is 5.56 Å². The minimum absolute atomic E-state index is 0.529. The molecule has 1 fully saturated rings. The molecule has 17 heavy (non-hydrogen) atoms. The van der Waals surface area contributed by atoms with E-state index in [4.69, 9.17) is 0 Å². The molecule has 1 aromatic carbocycles. The molecule has 0 aromatic heterocycles. The number of nitrogens with one attached hydrogen (secondary N) is 1. The van der Waals surface area contributed by atoms with Crippen molar-refractivity contribution in [3.63, 3.8) is 0 Å². The summed E-state index contributed by atoms with van der Waals surface area (Å²) < 4.78 is 12.0. The minimum atomic E-state index is -0.638. The molecule has 2 aliphatic rings. The Morgan fingerprint density at radius 3 is 2.82 bits per heavy atom. The van der Waals surface area contributed by atoms with Crippen molar-refractivity contribution < 1.29 is 4.21 Å². The average Bonchev–Trinajstić information content (AvgIpc) is 2.65. The lowest BCUT2D eigenvalue weighted by Crippen LogP contribution is -2.45. The molecule has 2 nitrogen and oxygen atoms in total. The molecule has 0 amide bonds. The summed E-state index contributed by atoms with van der Waals surface area (Å²) in [4.78, 5) is 1.39. The number of hydrogen-bond donors (Lipinski definition) is 1. The van der Waals surface area contributed by atoms with Crippen molar-refractivity contribution in [3.8, 4) is 0 Å². The molecule has 2 heterocycles. The third-order valence-corrected chi connectivity index (χ3v) is 6.52. The smallest absolute Gasteiger partial charge is 0.0360 e. The van der Waals surface area contributed by atoms with Crippen LogP contribution in [0.2, 0.25) is 0 Å². The number of fused-ring (bicyclic) bond motifs is 1. The summed E-state index contributed by atoms with van der Waals surface area (Å²) in [7, 11) is -0.638. The molecule has 0 spiro atoms. The van der Waals surface area contributed by atoms with E-state index in [9.17, 15) is 4.21 Å². The van der Waals surface area contributed by atoms with Crippen LogP contribution in [0.5, 0.6) is 0 Å². The fourth-order valence-corrected chi connectivity index (χ4v) is 5.59. The van der Waals surface area contributed by atoms with E-state index < -0.39 is 10.8 Å². The molecule has 0 bridgehead atoms. The van der Waals surface area contributed by atoms with Gasteiger partial charge in [-0.25, -0.2) is 0 Å². The van der Waals surface area contributed by atoms with Crippen LogP contribution in [0.4, 0.5) is 0 Å². The van der Waals surface area contributed by atoms with E-state index in [1.54, 1.807) is 0 Å². The second-order valence-corrected chi connectivity index (χ2v) is 7.74. The van der Waals surface area contributed by atoms with Gasteiger partial charge in [-0.3, -0.25) is 4.21 Å². The lowest BCUT2D eigenvalue weighted by molar-refractivity contribution is 0.382. The van der Waals surface area contributed by atoms with Crippen molar-refractivity contribution >= 4 is 22.6 Å². The van der Waals surface area contributed by atoms with Crippen molar-refractivity contribution in [2.24, 2.45) is 5.92 Å². The molecule has 92 valence electrons. The van der Waals surface area contributed by atoms with Crippen molar-refractivity contribution in [2.75, 3.05) is 24.6 Å². The van der Waals surface area contributed by atoms with Gasteiger partial charge in [0.05, 0.1) is 0 Å². The van der Waals surface area contributed by atoms with Crippen molar-refractivity contribution in [3.05, 3.63) is 29.8 Å². The van der Waals surface area contributed by atoms with Crippen molar-refractivity contribution in [2.45, 2.75) is 16.6 Å². The van der Waals surface area contributed by atoms with Crippen molar-refractivity contribution in [1.82, 2.24) is 5.32 Å². The fraction of sp³-hybridized carbons (Fsp3) is 0.538. The molecule has 0 radical (unpaired) electrons. The van der Waals surface area contributed by atoms with Gasteiger partial charge in [0.1, 0.15) is 0 Å². The predicted octanol–water partition coefficient (Wildman–Crippen LogP) is 1.67. The van der Waals surface area contributed by atoms with Gasteiger partial charge < -0.3 is 5.32 Å². The zero-order valence-electron chi connectivity index (χ0n) is 9.72. The van der Waals surface area contributed by atoms with Crippen LogP contribution in [0.15, 0.2) is 29.2 Å².